The number of hydrogen-bond acceptors (Lipinski definition) is 4. The van der Waals surface area contributed by atoms with Gasteiger partial charge in [0.1, 0.15) is 24.1 Å². The van der Waals surface area contributed by atoms with Gasteiger partial charge in [0.15, 0.2) is 5.02 Å². The lowest BCUT2D eigenvalue weighted by atomic mass is 10.2. The van der Waals surface area contributed by atoms with Gasteiger partial charge in [0.2, 0.25) is 11.8 Å². The molecule has 0 saturated heterocycles. The Balaban J connectivity index is 1.79. The van der Waals surface area contributed by atoms with Gasteiger partial charge in [-0.05, 0) is 36.8 Å². The predicted octanol–water partition coefficient (Wildman–Crippen LogP) is 4.07. The Hall–Kier alpha value is -3.26. The highest BCUT2D eigenvalue weighted by molar-refractivity contribution is 6.31. The first-order valence-electron chi connectivity index (χ1n) is 8.95. The second-order valence-corrected chi connectivity index (χ2v) is 6.95. The number of halogens is 3. The lowest BCUT2D eigenvalue weighted by Gasteiger charge is -2.14. The molecule has 0 aliphatic rings. The van der Waals surface area contributed by atoms with Crippen molar-refractivity contribution in [3.8, 4) is 5.88 Å². The lowest BCUT2D eigenvalue weighted by Crippen LogP contribution is -2.25. The summed E-state index contributed by atoms with van der Waals surface area (Å²) >= 11 is 6.13. The van der Waals surface area contributed by atoms with Crippen LogP contribution in [0.2, 0.25) is 5.02 Å². The van der Waals surface area contributed by atoms with Crippen molar-refractivity contribution < 1.29 is 18.3 Å². The van der Waals surface area contributed by atoms with Crippen LogP contribution in [-0.2, 0) is 17.9 Å². The predicted molar refractivity (Wildman–Crippen MR) is 109 cm³/mol. The average Bonchev–Trinajstić information content (AvgIpc) is 2.69. The van der Waals surface area contributed by atoms with Gasteiger partial charge >= 0.3 is 0 Å². The van der Waals surface area contributed by atoms with E-state index >= 15 is 0 Å². The third-order valence-electron chi connectivity index (χ3n) is 4.27. The third kappa shape index (κ3) is 5.01. The van der Waals surface area contributed by atoms with E-state index in [4.69, 9.17) is 16.3 Å². The zero-order valence-electron chi connectivity index (χ0n) is 16.2. The first kappa shape index (κ1) is 21.4. The van der Waals surface area contributed by atoms with Gasteiger partial charge in [0, 0.05) is 24.2 Å². The second-order valence-electron chi connectivity index (χ2n) is 6.57. The third-order valence-corrected chi connectivity index (χ3v) is 4.59. The molecule has 3 aromatic rings. The molecule has 0 aliphatic carbocycles. The molecule has 2 aromatic carbocycles. The number of aromatic nitrogens is 2. The van der Waals surface area contributed by atoms with E-state index in [1.807, 2.05) is 0 Å². The first-order valence-corrected chi connectivity index (χ1v) is 9.32. The topological polar surface area (TPSA) is 73.2 Å². The number of amides is 1. The molecule has 0 saturated carbocycles. The van der Waals surface area contributed by atoms with Gasteiger partial charge in [0.25, 0.3) is 5.56 Å². The van der Waals surface area contributed by atoms with Crippen molar-refractivity contribution in [2.24, 2.45) is 0 Å². The minimum atomic E-state index is -0.765. The Morgan fingerprint density at radius 2 is 1.90 bits per heavy atom. The van der Waals surface area contributed by atoms with E-state index in [0.717, 1.165) is 17.7 Å². The van der Waals surface area contributed by atoms with E-state index in [0.29, 0.717) is 11.5 Å². The van der Waals surface area contributed by atoms with Crippen molar-refractivity contribution in [2.75, 3.05) is 5.32 Å². The van der Waals surface area contributed by atoms with Crippen molar-refractivity contribution in [1.82, 2.24) is 9.55 Å². The molecular formula is C21H18ClF2N3O3. The van der Waals surface area contributed by atoms with Gasteiger partial charge in [-0.15, -0.1) is 0 Å². The molecule has 3 rings (SSSR count). The van der Waals surface area contributed by atoms with Crippen LogP contribution in [0.3, 0.4) is 0 Å². The summed E-state index contributed by atoms with van der Waals surface area (Å²) in [5.41, 5.74) is 1.04. The monoisotopic (exact) mass is 433 g/mol. The van der Waals surface area contributed by atoms with Crippen LogP contribution >= 0.6 is 11.6 Å². The largest absolute Gasteiger partial charge is 0.471 e. The number of anilines is 1. The molecule has 1 amide bonds. The SMILES string of the molecule is CC(=O)Nc1ccc(Cn2c(C)nc(OCc3ccc(F)cc3F)c(Cl)c2=O)cc1. The number of hydrogen-bond donors (Lipinski definition) is 1. The van der Waals surface area contributed by atoms with E-state index in [1.165, 1.54) is 17.6 Å². The maximum atomic E-state index is 13.8. The van der Waals surface area contributed by atoms with Gasteiger partial charge in [-0.2, -0.15) is 4.98 Å². The standard InChI is InChI=1S/C21H18ClF2N3O3/c1-12-25-20(30-11-15-5-6-16(23)9-18(15)24)19(22)21(29)27(12)10-14-3-7-17(8-4-14)26-13(2)28/h3-9H,10-11H2,1-2H3,(H,26,28). The van der Waals surface area contributed by atoms with E-state index in [1.54, 1.807) is 31.2 Å². The molecule has 0 radical (unpaired) electrons. The fraction of sp³-hybridized carbons (Fsp3) is 0.190. The molecule has 0 bridgehead atoms. The van der Waals surface area contributed by atoms with Crippen LogP contribution in [-0.4, -0.2) is 15.5 Å². The van der Waals surface area contributed by atoms with Crippen LogP contribution in [0.15, 0.2) is 47.3 Å². The van der Waals surface area contributed by atoms with Crippen LogP contribution in [0.5, 0.6) is 5.88 Å². The Morgan fingerprint density at radius 3 is 2.53 bits per heavy atom. The Kier molecular flexibility index (Phi) is 6.47. The zero-order valence-corrected chi connectivity index (χ0v) is 17.0. The van der Waals surface area contributed by atoms with Crippen LogP contribution in [0.1, 0.15) is 23.9 Å². The van der Waals surface area contributed by atoms with Crippen molar-refractivity contribution in [1.29, 1.82) is 0 Å². The molecule has 1 N–H and O–H groups in total. The summed E-state index contributed by atoms with van der Waals surface area (Å²) in [5.74, 6) is -1.41. The van der Waals surface area contributed by atoms with Crippen LogP contribution in [0.25, 0.3) is 0 Å². The maximum absolute atomic E-state index is 13.8. The molecule has 0 aliphatic heterocycles. The molecular weight excluding hydrogens is 416 g/mol. The van der Waals surface area contributed by atoms with Crippen molar-refractivity contribution in [2.45, 2.75) is 27.0 Å². The maximum Gasteiger partial charge on any atom is 0.276 e. The smallest absolute Gasteiger partial charge is 0.276 e. The second kappa shape index (κ2) is 9.04. The number of nitrogens with one attached hydrogen (secondary N) is 1. The summed E-state index contributed by atoms with van der Waals surface area (Å²) in [6.07, 6.45) is 0. The highest BCUT2D eigenvalue weighted by Gasteiger charge is 2.15. The summed E-state index contributed by atoms with van der Waals surface area (Å²) in [4.78, 5) is 28.0. The fourth-order valence-corrected chi connectivity index (χ4v) is 2.96. The number of aryl methyl sites for hydroxylation is 1. The first-order chi connectivity index (χ1) is 14.2. The molecule has 6 nitrogen and oxygen atoms in total. The van der Waals surface area contributed by atoms with Crippen LogP contribution in [0.4, 0.5) is 14.5 Å². The summed E-state index contributed by atoms with van der Waals surface area (Å²) in [6.45, 7) is 2.99. The number of carbonyl (C=O) groups excluding carboxylic acids is 1. The van der Waals surface area contributed by atoms with Gasteiger partial charge in [0.05, 0.1) is 6.54 Å². The molecule has 0 spiro atoms. The molecule has 1 heterocycles. The van der Waals surface area contributed by atoms with Gasteiger partial charge in [-0.3, -0.25) is 14.2 Å². The number of nitrogens with zero attached hydrogens (tertiary/aromatic N) is 2. The summed E-state index contributed by atoms with van der Waals surface area (Å²) < 4.78 is 33.5. The Bertz CT molecular complexity index is 1150. The molecule has 0 atom stereocenters. The van der Waals surface area contributed by atoms with Gasteiger partial charge in [-0.25, -0.2) is 8.78 Å². The molecule has 0 unspecified atom stereocenters. The van der Waals surface area contributed by atoms with E-state index < -0.39 is 17.2 Å². The van der Waals surface area contributed by atoms with Gasteiger partial charge < -0.3 is 10.1 Å². The molecule has 30 heavy (non-hydrogen) atoms. The molecule has 156 valence electrons. The molecule has 0 fully saturated rings. The van der Waals surface area contributed by atoms with Crippen LogP contribution < -0.4 is 15.6 Å². The van der Waals surface area contributed by atoms with E-state index in [-0.39, 0.29) is 35.5 Å². The number of benzene rings is 2. The summed E-state index contributed by atoms with van der Waals surface area (Å²) in [5, 5.41) is 2.43. The average molecular weight is 434 g/mol. The lowest BCUT2D eigenvalue weighted by molar-refractivity contribution is -0.114. The normalized spacial score (nSPS) is 10.7. The quantitative estimate of drug-likeness (QED) is 0.636. The van der Waals surface area contributed by atoms with Gasteiger partial charge in [-0.1, -0.05) is 23.7 Å². The molecule has 1 aromatic heterocycles. The van der Waals surface area contributed by atoms with E-state index in [2.05, 4.69) is 10.3 Å². The van der Waals surface area contributed by atoms with Crippen LogP contribution in [0, 0.1) is 18.6 Å². The Morgan fingerprint density at radius 1 is 1.20 bits per heavy atom. The zero-order chi connectivity index (χ0) is 21.8. The summed E-state index contributed by atoms with van der Waals surface area (Å²) in [6, 6.07) is 10.1. The minimum absolute atomic E-state index is 0.107. The summed E-state index contributed by atoms with van der Waals surface area (Å²) in [7, 11) is 0. The van der Waals surface area contributed by atoms with E-state index in [9.17, 15) is 18.4 Å². The molecule has 9 heteroatoms. The highest BCUT2D eigenvalue weighted by Crippen LogP contribution is 2.21. The van der Waals surface area contributed by atoms with Crippen molar-refractivity contribution in [3.63, 3.8) is 0 Å². The number of rotatable bonds is 6. The number of ether oxygens (including phenoxy) is 1. The minimum Gasteiger partial charge on any atom is -0.471 e. The fourth-order valence-electron chi connectivity index (χ4n) is 2.76. The van der Waals surface area contributed by atoms with Crippen molar-refractivity contribution in [3.05, 3.63) is 86.4 Å². The van der Waals surface area contributed by atoms with Crippen molar-refractivity contribution >= 4 is 23.2 Å². The Labute approximate surface area is 176 Å². The number of carbonyl (C=O) groups is 1. The highest BCUT2D eigenvalue weighted by atomic mass is 35.5.